The van der Waals surface area contributed by atoms with Crippen LogP contribution >= 0.6 is 15.9 Å². The smallest absolute Gasteiger partial charge is 0.149 e. The van der Waals surface area contributed by atoms with E-state index in [2.05, 4.69) is 26.1 Å². The lowest BCUT2D eigenvalue weighted by atomic mass is 10.2. The molecule has 0 aliphatic carbocycles. The molecule has 0 bridgehead atoms. The minimum Gasteiger partial charge on any atom is -0.390 e. The van der Waals surface area contributed by atoms with E-state index in [1.165, 1.54) is 6.07 Å². The topological polar surface area (TPSA) is 35.5 Å². The number of benzene rings is 1. The molecule has 0 fully saturated rings. The fourth-order valence-electron chi connectivity index (χ4n) is 1.73. The maximum absolute atomic E-state index is 13.5. The second kappa shape index (κ2) is 7.77. The largest absolute Gasteiger partial charge is 0.390 e. The van der Waals surface area contributed by atoms with Gasteiger partial charge in [-0.1, -0.05) is 13.8 Å². The van der Waals surface area contributed by atoms with E-state index in [-0.39, 0.29) is 16.7 Å². The van der Waals surface area contributed by atoms with Crippen LogP contribution < -0.4 is 5.32 Å². The Bertz CT molecular complexity index is 414. The van der Waals surface area contributed by atoms with E-state index >= 15 is 0 Å². The Morgan fingerprint density at radius 2 is 1.89 bits per heavy atom. The second-order valence-corrected chi connectivity index (χ2v) is 5.12. The maximum atomic E-state index is 13.5. The molecule has 0 spiro atoms. The zero-order chi connectivity index (χ0) is 14.4. The van der Waals surface area contributed by atoms with Crippen LogP contribution in [0.1, 0.15) is 13.8 Å². The van der Waals surface area contributed by atoms with Gasteiger partial charge in [0.25, 0.3) is 0 Å². The first-order valence-corrected chi connectivity index (χ1v) is 7.06. The molecule has 2 N–H and O–H groups in total. The van der Waals surface area contributed by atoms with Gasteiger partial charge in [-0.3, -0.25) is 0 Å². The molecule has 0 aliphatic rings. The summed E-state index contributed by atoms with van der Waals surface area (Å²) in [6, 6.07) is 2.14. The van der Waals surface area contributed by atoms with Crippen molar-refractivity contribution in [3.8, 4) is 0 Å². The van der Waals surface area contributed by atoms with E-state index in [1.54, 1.807) is 0 Å². The Morgan fingerprint density at radius 1 is 1.26 bits per heavy atom. The Hall–Kier alpha value is -0.720. The highest BCUT2D eigenvalue weighted by Crippen LogP contribution is 2.23. The molecule has 1 unspecified atom stereocenters. The van der Waals surface area contributed by atoms with Gasteiger partial charge in [0.2, 0.25) is 0 Å². The standard InChI is InChI=1S/C13H19BrF2N2O/c1-3-18(4-2)8-9(19)7-17-13-5-10(14)11(15)6-12(13)16/h5-6,9,17,19H,3-4,7-8H2,1-2H3. The van der Waals surface area contributed by atoms with Crippen molar-refractivity contribution in [3.05, 3.63) is 28.2 Å². The molecule has 0 radical (unpaired) electrons. The van der Waals surface area contributed by atoms with Crippen molar-refractivity contribution in [1.82, 2.24) is 4.90 Å². The number of likely N-dealkylation sites (N-methyl/N-ethyl adjacent to an activating group) is 1. The SMILES string of the molecule is CCN(CC)CC(O)CNc1cc(Br)c(F)cc1F. The van der Waals surface area contributed by atoms with E-state index in [0.717, 1.165) is 19.2 Å². The van der Waals surface area contributed by atoms with Crippen molar-refractivity contribution in [3.63, 3.8) is 0 Å². The molecule has 108 valence electrons. The lowest BCUT2D eigenvalue weighted by Gasteiger charge is -2.22. The normalized spacial score (nSPS) is 12.8. The third kappa shape index (κ3) is 5.04. The summed E-state index contributed by atoms with van der Waals surface area (Å²) >= 11 is 3.00. The van der Waals surface area contributed by atoms with E-state index in [4.69, 9.17) is 0 Å². The van der Waals surface area contributed by atoms with Crippen LogP contribution in [0.25, 0.3) is 0 Å². The van der Waals surface area contributed by atoms with Crippen LogP contribution in [0.5, 0.6) is 0 Å². The molecule has 0 aromatic heterocycles. The highest BCUT2D eigenvalue weighted by Gasteiger charge is 2.12. The Labute approximate surface area is 120 Å². The van der Waals surface area contributed by atoms with Crippen molar-refractivity contribution in [2.24, 2.45) is 0 Å². The van der Waals surface area contributed by atoms with Crippen LogP contribution in [0.4, 0.5) is 14.5 Å². The number of aliphatic hydroxyl groups excluding tert-OH is 1. The third-order valence-electron chi connectivity index (χ3n) is 2.90. The molecule has 0 saturated carbocycles. The first-order valence-electron chi connectivity index (χ1n) is 6.26. The first kappa shape index (κ1) is 16.3. The van der Waals surface area contributed by atoms with Gasteiger partial charge in [-0.15, -0.1) is 0 Å². The molecule has 1 aromatic carbocycles. The van der Waals surface area contributed by atoms with Crippen LogP contribution in [0, 0.1) is 11.6 Å². The minimum absolute atomic E-state index is 0.173. The van der Waals surface area contributed by atoms with Gasteiger partial charge in [0.1, 0.15) is 11.6 Å². The van der Waals surface area contributed by atoms with Crippen LogP contribution in [0.3, 0.4) is 0 Å². The Kier molecular flexibility index (Phi) is 6.68. The zero-order valence-electron chi connectivity index (χ0n) is 11.1. The Balaban J connectivity index is 2.55. The number of anilines is 1. The summed E-state index contributed by atoms with van der Waals surface area (Å²) in [7, 11) is 0. The van der Waals surface area contributed by atoms with E-state index in [1.807, 2.05) is 13.8 Å². The molecule has 1 rings (SSSR count). The fourth-order valence-corrected chi connectivity index (χ4v) is 2.07. The number of nitrogens with zero attached hydrogens (tertiary/aromatic N) is 1. The molecular weight excluding hydrogens is 318 g/mol. The van der Waals surface area contributed by atoms with Crippen molar-refractivity contribution in [2.75, 3.05) is 31.5 Å². The summed E-state index contributed by atoms with van der Waals surface area (Å²) in [5, 5.41) is 12.6. The van der Waals surface area contributed by atoms with E-state index in [9.17, 15) is 13.9 Å². The molecule has 0 amide bonds. The van der Waals surface area contributed by atoms with Gasteiger partial charge in [-0.05, 0) is 35.1 Å². The van der Waals surface area contributed by atoms with Gasteiger partial charge in [-0.25, -0.2) is 8.78 Å². The van der Waals surface area contributed by atoms with Gasteiger partial charge in [0.05, 0.1) is 16.3 Å². The van der Waals surface area contributed by atoms with Crippen molar-refractivity contribution < 1.29 is 13.9 Å². The number of halogens is 3. The maximum Gasteiger partial charge on any atom is 0.149 e. The van der Waals surface area contributed by atoms with Gasteiger partial charge in [0, 0.05) is 19.2 Å². The average Bonchev–Trinajstić information content (AvgIpc) is 2.38. The summed E-state index contributed by atoms with van der Waals surface area (Å²) in [5.74, 6) is -1.32. The fraction of sp³-hybridized carbons (Fsp3) is 0.538. The van der Waals surface area contributed by atoms with Gasteiger partial charge in [0.15, 0.2) is 0 Å². The van der Waals surface area contributed by atoms with Crippen LogP contribution in [0.2, 0.25) is 0 Å². The van der Waals surface area contributed by atoms with Crippen LogP contribution in [-0.2, 0) is 0 Å². The highest BCUT2D eigenvalue weighted by atomic mass is 79.9. The van der Waals surface area contributed by atoms with Crippen LogP contribution in [0.15, 0.2) is 16.6 Å². The summed E-state index contributed by atoms with van der Waals surface area (Å²) in [6.07, 6.45) is -0.608. The second-order valence-electron chi connectivity index (χ2n) is 4.27. The molecule has 6 heteroatoms. The van der Waals surface area contributed by atoms with Crippen molar-refractivity contribution in [1.29, 1.82) is 0 Å². The number of hydrogen-bond acceptors (Lipinski definition) is 3. The molecule has 1 aromatic rings. The molecule has 3 nitrogen and oxygen atoms in total. The molecule has 0 saturated heterocycles. The minimum atomic E-state index is -0.671. The summed E-state index contributed by atoms with van der Waals surface area (Å²) in [6.45, 7) is 6.46. The molecule has 19 heavy (non-hydrogen) atoms. The summed E-state index contributed by atoms with van der Waals surface area (Å²) in [4.78, 5) is 2.07. The number of nitrogens with one attached hydrogen (secondary N) is 1. The third-order valence-corrected chi connectivity index (χ3v) is 3.51. The number of rotatable bonds is 7. The molecular formula is C13H19BrF2N2O. The van der Waals surface area contributed by atoms with E-state index < -0.39 is 17.7 Å². The summed E-state index contributed by atoms with van der Waals surface area (Å²) in [5.41, 5.74) is 0.173. The quantitative estimate of drug-likeness (QED) is 0.751. The lowest BCUT2D eigenvalue weighted by molar-refractivity contribution is 0.128. The zero-order valence-corrected chi connectivity index (χ0v) is 12.7. The van der Waals surface area contributed by atoms with Gasteiger partial charge >= 0.3 is 0 Å². The highest BCUT2D eigenvalue weighted by molar-refractivity contribution is 9.10. The predicted octanol–water partition coefficient (Wildman–Crippen LogP) is 2.84. The van der Waals surface area contributed by atoms with Crippen LogP contribution in [-0.4, -0.2) is 42.3 Å². The molecule has 0 aliphatic heterocycles. The average molecular weight is 337 g/mol. The van der Waals surface area contributed by atoms with Crippen molar-refractivity contribution in [2.45, 2.75) is 20.0 Å². The van der Waals surface area contributed by atoms with Gasteiger partial charge in [-0.2, -0.15) is 0 Å². The monoisotopic (exact) mass is 336 g/mol. The number of aliphatic hydroxyl groups is 1. The predicted molar refractivity (Wildman–Crippen MR) is 76.3 cm³/mol. The van der Waals surface area contributed by atoms with Crippen molar-refractivity contribution >= 4 is 21.6 Å². The number of hydrogen-bond donors (Lipinski definition) is 2. The molecule has 1 atom stereocenters. The van der Waals surface area contributed by atoms with E-state index in [0.29, 0.717) is 6.54 Å². The summed E-state index contributed by atoms with van der Waals surface area (Å²) < 4.78 is 26.7. The molecule has 0 heterocycles. The lowest BCUT2D eigenvalue weighted by Crippen LogP contribution is -2.36. The first-order chi connectivity index (χ1) is 8.97. The van der Waals surface area contributed by atoms with Gasteiger partial charge < -0.3 is 15.3 Å². The Morgan fingerprint density at radius 3 is 2.47 bits per heavy atom.